The first kappa shape index (κ1) is 61.9. The van der Waals surface area contributed by atoms with E-state index in [1.54, 1.807) is 13.8 Å². The molecule has 0 amide bonds. The summed E-state index contributed by atoms with van der Waals surface area (Å²) in [5, 5.41) is 162. The predicted octanol–water partition coefficient (Wildman–Crippen LogP) is -2.20. The van der Waals surface area contributed by atoms with Gasteiger partial charge in [-0.2, -0.15) is 0 Å². The zero-order chi connectivity index (χ0) is 56.8. The standard InChI is InChI=1S/C54H92O23/c1-22(10-14-33(51(5,6)69)75-49-45(39(64)34(59)23(2)70-49)77-48-42(67)38(63)36(61)28(20-56)72-48)24-16-17-52(7)30-13-11-25-26(54(30,9)31(58)18-53(24,52)8)12-15-32(50(25,3)4)74-46-43(68)40(65)44(29(21-57)73-46)76-47-41(66)37(62)35(60)27(19-55)71-47/h11,22-24,26-49,55-69H,10,12-21H2,1-9H3/t22-,23-,24?,26?,27-,28+,29-,30?,31-,32+,33-,34-,35-,36+,37+,38-,39+,40-,41-,42+,43-,44-,45-,46+,47-,48-,49+,52+,53-,54+/m1/s1. The number of aliphatic hydroxyl groups is 15. The van der Waals surface area contributed by atoms with Crippen LogP contribution in [0.2, 0.25) is 0 Å². The summed E-state index contributed by atoms with van der Waals surface area (Å²) >= 11 is 0. The lowest BCUT2D eigenvalue weighted by atomic mass is 9.38. The van der Waals surface area contributed by atoms with Crippen molar-refractivity contribution in [2.45, 2.75) is 260 Å². The van der Waals surface area contributed by atoms with Gasteiger partial charge in [-0.15, -0.1) is 0 Å². The first-order chi connectivity index (χ1) is 35.9. The molecule has 8 rings (SSSR count). The third-order valence-corrected chi connectivity index (χ3v) is 20.8. The van der Waals surface area contributed by atoms with Crippen molar-refractivity contribution in [2.24, 2.45) is 45.3 Å². The molecular weight excluding hydrogens is 1020 g/mol. The van der Waals surface area contributed by atoms with Crippen LogP contribution in [-0.2, 0) is 37.9 Å². The van der Waals surface area contributed by atoms with Crippen LogP contribution in [-0.4, -0.2) is 243 Å². The Balaban J connectivity index is 0.937. The first-order valence-electron chi connectivity index (χ1n) is 27.9. The molecule has 4 aliphatic heterocycles. The Morgan fingerprint density at radius 1 is 0.597 bits per heavy atom. The van der Waals surface area contributed by atoms with Crippen LogP contribution in [0.4, 0.5) is 0 Å². The molecule has 4 heterocycles. The predicted molar refractivity (Wildman–Crippen MR) is 266 cm³/mol. The number of aliphatic hydroxyl groups excluding tert-OH is 14. The summed E-state index contributed by atoms with van der Waals surface area (Å²) in [7, 11) is 0. The van der Waals surface area contributed by atoms with E-state index in [1.165, 1.54) is 6.92 Å². The van der Waals surface area contributed by atoms with Gasteiger partial charge in [0.1, 0.15) is 91.6 Å². The lowest BCUT2D eigenvalue weighted by Gasteiger charge is -2.67. The van der Waals surface area contributed by atoms with E-state index in [0.29, 0.717) is 38.5 Å². The van der Waals surface area contributed by atoms with E-state index in [1.807, 2.05) is 0 Å². The van der Waals surface area contributed by atoms with Crippen molar-refractivity contribution in [3.63, 3.8) is 0 Å². The molecule has 23 heteroatoms. The number of rotatable bonds is 16. The van der Waals surface area contributed by atoms with Gasteiger partial charge in [-0.3, -0.25) is 0 Å². The fourth-order valence-electron chi connectivity index (χ4n) is 15.7. The smallest absolute Gasteiger partial charge is 0.187 e. The van der Waals surface area contributed by atoms with Crippen molar-refractivity contribution < 1.29 is 114 Å². The van der Waals surface area contributed by atoms with Gasteiger partial charge in [-0.25, -0.2) is 0 Å². The molecule has 446 valence electrons. The van der Waals surface area contributed by atoms with E-state index in [9.17, 15) is 76.6 Å². The van der Waals surface area contributed by atoms with Crippen molar-refractivity contribution >= 4 is 0 Å². The summed E-state index contributed by atoms with van der Waals surface area (Å²) in [4.78, 5) is 0. The van der Waals surface area contributed by atoms with Gasteiger partial charge in [0.05, 0.1) is 49.8 Å². The quantitative estimate of drug-likeness (QED) is 0.0729. The summed E-state index contributed by atoms with van der Waals surface area (Å²) in [5.41, 5.74) is -1.96. The van der Waals surface area contributed by atoms with Gasteiger partial charge in [0.15, 0.2) is 25.2 Å². The Morgan fingerprint density at radius 3 is 1.68 bits per heavy atom. The number of allylic oxidation sites excluding steroid dienone is 1. The Kier molecular flexibility index (Phi) is 18.6. The summed E-state index contributed by atoms with van der Waals surface area (Å²) < 4.78 is 47.9. The van der Waals surface area contributed by atoms with Crippen LogP contribution in [0.25, 0.3) is 0 Å². The monoisotopic (exact) mass is 1110 g/mol. The van der Waals surface area contributed by atoms with Crippen LogP contribution in [0.5, 0.6) is 0 Å². The summed E-state index contributed by atoms with van der Waals surface area (Å²) in [6, 6.07) is 0. The van der Waals surface area contributed by atoms with Gasteiger partial charge in [-0.1, -0.05) is 53.2 Å². The second kappa shape index (κ2) is 23.1. The normalized spacial score (nSPS) is 51.9. The Morgan fingerprint density at radius 2 is 1.12 bits per heavy atom. The molecule has 4 saturated heterocycles. The molecule has 0 spiro atoms. The zero-order valence-electron chi connectivity index (χ0n) is 45.9. The minimum atomic E-state index is -1.80. The van der Waals surface area contributed by atoms with E-state index in [0.717, 1.165) is 18.4 Å². The fourth-order valence-corrected chi connectivity index (χ4v) is 15.7. The number of fused-ring (bicyclic) bond motifs is 5. The molecule has 4 aliphatic carbocycles. The molecule has 0 bridgehead atoms. The highest BCUT2D eigenvalue weighted by atomic mass is 16.8. The largest absolute Gasteiger partial charge is 0.394 e. The minimum absolute atomic E-state index is 0.0178. The molecule has 23 nitrogen and oxygen atoms in total. The van der Waals surface area contributed by atoms with E-state index in [-0.39, 0.29) is 34.5 Å². The van der Waals surface area contributed by atoms with Gasteiger partial charge < -0.3 is 114 Å². The van der Waals surface area contributed by atoms with Crippen molar-refractivity contribution in [1.29, 1.82) is 0 Å². The van der Waals surface area contributed by atoms with Crippen LogP contribution in [0, 0.1) is 45.3 Å². The van der Waals surface area contributed by atoms with Crippen LogP contribution in [0.1, 0.15) is 114 Å². The van der Waals surface area contributed by atoms with Gasteiger partial charge in [0, 0.05) is 10.8 Å². The Labute approximate surface area is 450 Å². The van der Waals surface area contributed by atoms with Crippen molar-refractivity contribution in [2.75, 3.05) is 19.8 Å². The zero-order valence-corrected chi connectivity index (χ0v) is 45.9. The van der Waals surface area contributed by atoms with E-state index in [2.05, 4.69) is 47.6 Å². The van der Waals surface area contributed by atoms with Gasteiger partial charge in [0.25, 0.3) is 0 Å². The molecule has 0 aromatic heterocycles. The highest BCUT2D eigenvalue weighted by Crippen LogP contribution is 2.75. The maximum absolute atomic E-state index is 12.7. The average molecular weight is 1110 g/mol. The second-order valence-corrected chi connectivity index (χ2v) is 25.8. The molecule has 0 radical (unpaired) electrons. The average Bonchev–Trinajstić information content (AvgIpc) is 3.70. The second-order valence-electron chi connectivity index (χ2n) is 25.8. The number of ether oxygens (including phenoxy) is 8. The maximum atomic E-state index is 12.7. The van der Waals surface area contributed by atoms with Crippen molar-refractivity contribution in [3.05, 3.63) is 11.6 Å². The van der Waals surface area contributed by atoms with Crippen molar-refractivity contribution in [3.8, 4) is 0 Å². The highest BCUT2D eigenvalue weighted by molar-refractivity contribution is 5.32. The minimum Gasteiger partial charge on any atom is -0.394 e. The molecular formula is C54H92O23. The fraction of sp³-hybridized carbons (Fsp3) is 0.963. The van der Waals surface area contributed by atoms with Gasteiger partial charge in [-0.05, 0) is 107 Å². The molecule has 8 aliphatic rings. The Hall–Kier alpha value is -1.18. The molecule has 30 atom stereocenters. The first-order valence-corrected chi connectivity index (χ1v) is 27.9. The Bertz CT molecular complexity index is 2000. The molecule has 15 N–H and O–H groups in total. The van der Waals surface area contributed by atoms with E-state index >= 15 is 0 Å². The molecule has 3 saturated carbocycles. The molecule has 0 aromatic rings. The van der Waals surface area contributed by atoms with Gasteiger partial charge in [0.2, 0.25) is 0 Å². The van der Waals surface area contributed by atoms with Crippen LogP contribution < -0.4 is 0 Å². The number of hydrogen-bond acceptors (Lipinski definition) is 23. The van der Waals surface area contributed by atoms with Gasteiger partial charge >= 0.3 is 0 Å². The topological polar surface area (TPSA) is 377 Å². The third kappa shape index (κ3) is 10.8. The van der Waals surface area contributed by atoms with E-state index < -0.39 is 177 Å². The summed E-state index contributed by atoms with van der Waals surface area (Å²) in [5.74, 6) is 0.347. The molecule has 0 aromatic carbocycles. The lowest BCUT2D eigenvalue weighted by molar-refractivity contribution is -0.373. The molecule has 3 unspecified atom stereocenters. The third-order valence-electron chi connectivity index (χ3n) is 20.8. The maximum Gasteiger partial charge on any atom is 0.187 e. The summed E-state index contributed by atoms with van der Waals surface area (Å²) in [6.45, 7) is 15.9. The van der Waals surface area contributed by atoms with Crippen LogP contribution >= 0.6 is 0 Å². The SMILES string of the molecule is C[C@H](CC[C@@H](O[C@@H]1O[C@H](C)[C@@H](O)[C@H](O)[C@H]1O[C@H]1O[C@@H](CO)[C@H](O)[C@@H](O)[C@@H]1O)C(C)(C)O)C1CC[C@@]2(C)C3CC=C4C(CC[C@H](O[C@@H]5O[C@H](CO)[C@@H](O[C@H]6O[C@H](CO)[C@@H](O)[C@H](O)[C@H]6O)[C@H](O)[C@H]5O)C4(C)C)[C@]3(C)[C@H](O)C[C@]12C. The number of hydrogen-bond donors (Lipinski definition) is 15. The highest BCUT2D eigenvalue weighted by Gasteiger charge is 2.70. The summed E-state index contributed by atoms with van der Waals surface area (Å²) in [6.07, 6.45) is -25.5. The molecule has 7 fully saturated rings. The van der Waals surface area contributed by atoms with Crippen LogP contribution in [0.15, 0.2) is 11.6 Å². The van der Waals surface area contributed by atoms with E-state index in [4.69, 9.17) is 37.9 Å². The van der Waals surface area contributed by atoms with Crippen LogP contribution in [0.3, 0.4) is 0 Å². The lowest BCUT2D eigenvalue weighted by Crippen LogP contribution is -2.66. The molecule has 77 heavy (non-hydrogen) atoms. The van der Waals surface area contributed by atoms with Crippen molar-refractivity contribution in [1.82, 2.24) is 0 Å².